The van der Waals surface area contributed by atoms with Gasteiger partial charge in [0.05, 0.1) is 0 Å². The Hall–Kier alpha value is -4.14. The van der Waals surface area contributed by atoms with Crippen molar-refractivity contribution in [3.63, 3.8) is 0 Å². The molecule has 6 heteroatoms. The molecule has 73 heavy (non-hydrogen) atoms. The van der Waals surface area contributed by atoms with Crippen molar-refractivity contribution in [1.82, 2.24) is 0 Å². The van der Waals surface area contributed by atoms with Gasteiger partial charge in [-0.2, -0.15) is 0 Å². The Kier molecular flexibility index (Phi) is 24.1. The average molecular weight is 1200 g/mol. The Balaban J connectivity index is 0.000000263. The predicted octanol–water partition coefficient (Wildman–Crippen LogP) is 17.9. The zero-order valence-electron chi connectivity index (χ0n) is 46.8. The van der Waals surface area contributed by atoms with Gasteiger partial charge >= 0.3 is 409 Å². The molecule has 0 unspecified atom stereocenters. The van der Waals surface area contributed by atoms with Gasteiger partial charge in [-0.3, -0.25) is 9.59 Å². The minimum Gasteiger partial charge on any atom is -0.481 e. The van der Waals surface area contributed by atoms with Gasteiger partial charge in [-0.05, 0) is 12.8 Å². The van der Waals surface area contributed by atoms with Crippen molar-refractivity contribution >= 4 is 51.5 Å². The molecule has 0 saturated carbocycles. The first-order chi connectivity index (χ1) is 34.3. The molecule has 4 nitrogen and oxygen atoms in total. The summed E-state index contributed by atoms with van der Waals surface area (Å²) in [6.07, 6.45) is 2.10. The Bertz CT molecular complexity index is 2050. The summed E-state index contributed by atoms with van der Waals surface area (Å²) in [4.78, 5) is 20.0. The van der Waals surface area contributed by atoms with Crippen LogP contribution in [-0.4, -0.2) is 61.7 Å². The van der Waals surface area contributed by atoms with E-state index in [1.165, 1.54) is 60.0 Å². The predicted molar refractivity (Wildman–Crippen MR) is 316 cm³/mol. The molecule has 2 N–H and O–H groups in total. The molecular formula is C67H90O4Sn2. The third kappa shape index (κ3) is 21.2. The van der Waals surface area contributed by atoms with Crippen LogP contribution in [0.25, 0.3) is 0 Å². The number of carboxylic acids is 2. The average Bonchev–Trinajstić information content (AvgIpc) is 3.35. The summed E-state index contributed by atoms with van der Waals surface area (Å²) in [6.45, 7) is 29.6. The second kappa shape index (κ2) is 28.7. The van der Waals surface area contributed by atoms with Crippen LogP contribution < -0.4 is 0 Å². The van der Waals surface area contributed by atoms with Gasteiger partial charge in [0, 0.05) is 12.8 Å². The minimum absolute atomic E-state index is 0.139. The summed E-state index contributed by atoms with van der Waals surface area (Å²) in [5, 5.41) is 16.4. The molecule has 0 aliphatic carbocycles. The number of benzene rings is 6. The van der Waals surface area contributed by atoms with Crippen LogP contribution >= 0.6 is 0 Å². The first-order valence-electron chi connectivity index (χ1n) is 26.8. The maximum absolute atomic E-state index is 9.98. The minimum atomic E-state index is -1.84. The molecular weight excluding hydrogens is 1110 g/mol. The second-order valence-corrected chi connectivity index (χ2v) is 39.0. The van der Waals surface area contributed by atoms with Crippen molar-refractivity contribution in [1.29, 1.82) is 0 Å². The van der Waals surface area contributed by atoms with Crippen LogP contribution in [0.4, 0.5) is 0 Å². The molecule has 6 aromatic rings. The Morgan fingerprint density at radius 2 is 0.438 bits per heavy atom. The fourth-order valence-corrected chi connectivity index (χ4v) is 37.8. The van der Waals surface area contributed by atoms with Crippen molar-refractivity contribution < 1.29 is 19.8 Å². The van der Waals surface area contributed by atoms with Gasteiger partial charge in [-0.15, -0.1) is 0 Å². The second-order valence-electron chi connectivity index (χ2n) is 24.4. The van der Waals surface area contributed by atoms with E-state index in [1.54, 1.807) is 0 Å². The summed E-state index contributed by atoms with van der Waals surface area (Å²) in [7, 11) is 0. The number of carboxylic acid groups (broad SMARTS) is 2. The molecule has 0 amide bonds. The molecule has 0 aliphatic rings. The van der Waals surface area contributed by atoms with E-state index < -0.39 is 51.5 Å². The number of hydrogen-bond donors (Lipinski definition) is 2. The molecule has 0 spiro atoms. The van der Waals surface area contributed by atoms with Gasteiger partial charge in [0.15, 0.2) is 0 Å². The first kappa shape index (κ1) is 61.4. The van der Waals surface area contributed by atoms with E-state index >= 15 is 0 Å². The molecule has 2 radical (unpaired) electrons. The SMILES string of the molecule is CC(C)([CH2][Sn]([CH2]C(C)(C)c1ccccc1)[CH2]C(C)(C)c1ccccc1)c1ccccc1.CC(C)([CH2][Sn]([CH2]C(C)(C)c1ccccc1)[CH2]C(C)(C)c1ccccc1)c1ccccc1.O=C(O)CCCCCC(=O)O. The number of rotatable bonds is 24. The molecule has 6 aromatic carbocycles. The monoisotopic (exact) mass is 1200 g/mol. The van der Waals surface area contributed by atoms with Gasteiger partial charge in [0.25, 0.3) is 0 Å². The molecule has 0 aromatic heterocycles. The number of hydrogen-bond acceptors (Lipinski definition) is 2. The zero-order chi connectivity index (χ0) is 53.8. The summed E-state index contributed by atoms with van der Waals surface area (Å²) in [5.74, 6) is -1.64. The van der Waals surface area contributed by atoms with E-state index in [-0.39, 0.29) is 45.3 Å². The topological polar surface area (TPSA) is 74.6 Å². The smallest absolute Gasteiger partial charge is 0.303 e. The van der Waals surface area contributed by atoms with Gasteiger partial charge in [0.2, 0.25) is 0 Å². The maximum Gasteiger partial charge on any atom is 0.303 e. The van der Waals surface area contributed by atoms with Gasteiger partial charge < -0.3 is 10.2 Å². The Labute approximate surface area is 457 Å². The van der Waals surface area contributed by atoms with Crippen molar-refractivity contribution in [2.45, 2.75) is 174 Å². The van der Waals surface area contributed by atoms with Gasteiger partial charge in [0.1, 0.15) is 0 Å². The van der Waals surface area contributed by atoms with Crippen molar-refractivity contribution in [3.8, 4) is 0 Å². The number of aliphatic carboxylic acids is 2. The maximum atomic E-state index is 9.98. The van der Waals surface area contributed by atoms with Crippen LogP contribution in [0.1, 0.15) is 149 Å². The molecule has 0 fully saturated rings. The van der Waals surface area contributed by atoms with E-state index in [9.17, 15) is 9.59 Å². The normalized spacial score (nSPS) is 12.4. The van der Waals surface area contributed by atoms with Gasteiger partial charge in [-0.25, -0.2) is 0 Å². The standard InChI is InChI=1S/6C10H13.C7H12O4.2Sn/c6*1-10(2,3)9-7-5-4-6-8-9;8-6(9)4-2-1-3-5-7(10)11;;/h6*4-8H,1H2,2-3H3;1-5H2,(H,8,9)(H,10,11);;. The molecule has 0 atom stereocenters. The summed E-state index contributed by atoms with van der Waals surface area (Å²) < 4.78 is 8.28. The van der Waals surface area contributed by atoms with Crippen LogP contribution in [0.3, 0.4) is 0 Å². The van der Waals surface area contributed by atoms with Crippen LogP contribution in [0.15, 0.2) is 182 Å². The van der Waals surface area contributed by atoms with E-state index in [1.807, 2.05) is 0 Å². The van der Waals surface area contributed by atoms with Crippen LogP contribution in [0.5, 0.6) is 0 Å². The van der Waals surface area contributed by atoms with Crippen molar-refractivity contribution in [3.05, 3.63) is 215 Å². The van der Waals surface area contributed by atoms with Crippen LogP contribution in [0.2, 0.25) is 26.6 Å². The van der Waals surface area contributed by atoms with Crippen molar-refractivity contribution in [2.24, 2.45) is 0 Å². The molecule has 0 heterocycles. The Morgan fingerprint density at radius 1 is 0.288 bits per heavy atom. The van der Waals surface area contributed by atoms with E-state index in [0.29, 0.717) is 19.3 Å². The third-order valence-corrected chi connectivity index (χ3v) is 38.5. The fourth-order valence-electron chi connectivity index (χ4n) is 10.8. The summed E-state index contributed by atoms with van der Waals surface area (Å²) >= 11 is -3.68. The van der Waals surface area contributed by atoms with E-state index in [0.717, 1.165) is 0 Å². The molecule has 390 valence electrons. The number of unbranched alkanes of at least 4 members (excludes halogenated alkanes) is 2. The molecule has 0 saturated heterocycles. The van der Waals surface area contributed by atoms with Crippen LogP contribution in [-0.2, 0) is 42.1 Å². The molecule has 0 bridgehead atoms. The molecule has 0 aliphatic heterocycles. The number of carbonyl (C=O) groups is 2. The quantitative estimate of drug-likeness (QED) is 0.0468. The summed E-state index contributed by atoms with van der Waals surface area (Å²) in [5.41, 5.74) is 10.3. The van der Waals surface area contributed by atoms with Crippen molar-refractivity contribution in [2.75, 3.05) is 0 Å². The fraction of sp³-hybridized carbons (Fsp3) is 0.433. The van der Waals surface area contributed by atoms with Crippen LogP contribution in [0, 0.1) is 0 Å². The van der Waals surface area contributed by atoms with E-state index in [4.69, 9.17) is 10.2 Å². The largest absolute Gasteiger partial charge is 0.481 e. The van der Waals surface area contributed by atoms with Gasteiger partial charge in [-0.1, -0.05) is 6.42 Å². The third-order valence-electron chi connectivity index (χ3n) is 14.8. The summed E-state index contributed by atoms with van der Waals surface area (Å²) in [6, 6.07) is 67.1. The van der Waals surface area contributed by atoms with E-state index in [2.05, 4.69) is 265 Å². The first-order valence-corrected chi connectivity index (χ1v) is 38.9. The Morgan fingerprint density at radius 3 is 0.575 bits per heavy atom. The molecule has 6 rings (SSSR count). The zero-order valence-corrected chi connectivity index (χ0v) is 52.5.